The number of nitrogens with zero attached hydrogens (tertiary/aromatic N) is 2. The summed E-state index contributed by atoms with van der Waals surface area (Å²) in [7, 11) is 0. The number of alkyl carbamates (subject to hydrolysis) is 1. The van der Waals surface area contributed by atoms with Crippen molar-refractivity contribution in [2.45, 2.75) is 70.1 Å². The molecule has 1 saturated carbocycles. The summed E-state index contributed by atoms with van der Waals surface area (Å²) in [6.45, 7) is 10.0. The van der Waals surface area contributed by atoms with Crippen LogP contribution in [-0.4, -0.2) is 72.0 Å². The topological polar surface area (TPSA) is 71.1 Å². The molecule has 3 aliphatic heterocycles. The fourth-order valence-corrected chi connectivity index (χ4v) is 5.51. The summed E-state index contributed by atoms with van der Waals surface area (Å²) in [6.07, 6.45) is 4.75. The van der Waals surface area contributed by atoms with Crippen LogP contribution in [0.3, 0.4) is 0 Å². The molecule has 1 N–H and O–H groups in total. The van der Waals surface area contributed by atoms with Crippen LogP contribution in [0.15, 0.2) is 0 Å². The largest absolute Gasteiger partial charge is 0.450 e. The van der Waals surface area contributed by atoms with E-state index in [9.17, 15) is 9.59 Å². The molecule has 146 valence electrons. The summed E-state index contributed by atoms with van der Waals surface area (Å²) in [5.41, 5.74) is -0.369. The van der Waals surface area contributed by atoms with Crippen LogP contribution in [0.25, 0.3) is 0 Å². The Labute approximate surface area is 155 Å². The number of hydrogen-bond donors (Lipinski definition) is 1. The number of ether oxygens (including phenoxy) is 2. The molecule has 0 bridgehead atoms. The Balaban J connectivity index is 1.29. The fraction of sp³-hybridized carbons (Fsp3) is 0.895. The summed E-state index contributed by atoms with van der Waals surface area (Å²) in [5.74, 6) is 0. The van der Waals surface area contributed by atoms with Gasteiger partial charge in [0.1, 0.15) is 5.60 Å². The van der Waals surface area contributed by atoms with Gasteiger partial charge in [0.2, 0.25) is 0 Å². The van der Waals surface area contributed by atoms with Crippen molar-refractivity contribution >= 4 is 12.2 Å². The first kappa shape index (κ1) is 17.9. The molecule has 0 aromatic rings. The predicted octanol–water partition coefficient (Wildman–Crippen LogP) is 2.35. The molecule has 26 heavy (non-hydrogen) atoms. The van der Waals surface area contributed by atoms with E-state index < -0.39 is 0 Å². The zero-order chi connectivity index (χ0) is 18.6. The van der Waals surface area contributed by atoms with E-state index >= 15 is 0 Å². The first-order valence-corrected chi connectivity index (χ1v) is 9.95. The lowest BCUT2D eigenvalue weighted by molar-refractivity contribution is -0.0743. The van der Waals surface area contributed by atoms with Crippen molar-refractivity contribution in [2.24, 2.45) is 5.41 Å². The first-order chi connectivity index (χ1) is 12.3. The van der Waals surface area contributed by atoms with E-state index in [-0.39, 0.29) is 23.3 Å². The summed E-state index contributed by atoms with van der Waals surface area (Å²) >= 11 is 0. The standard InChI is InChI=1S/C19H31N3O4/c1-4-25-16(24)22-8-5-18(13-22)11-14(12-18)21-9-6-19(7-10-21)17(2,3)20-15(23)26-19/h14H,4-13H2,1-3H3,(H,20,23). The average Bonchev–Trinajstić information content (AvgIpc) is 3.07. The molecule has 4 rings (SSSR count). The molecule has 2 spiro atoms. The minimum absolute atomic E-state index is 0.162. The van der Waals surface area contributed by atoms with E-state index in [1.807, 2.05) is 11.8 Å². The van der Waals surface area contributed by atoms with Crippen molar-refractivity contribution in [2.75, 3.05) is 32.8 Å². The molecule has 0 aromatic carbocycles. The highest BCUT2D eigenvalue weighted by molar-refractivity contribution is 5.72. The quantitative estimate of drug-likeness (QED) is 0.813. The zero-order valence-electron chi connectivity index (χ0n) is 16.2. The second-order valence-electron chi connectivity index (χ2n) is 9.10. The molecule has 4 aliphatic rings. The highest BCUT2D eigenvalue weighted by atomic mass is 16.6. The second kappa shape index (κ2) is 6.01. The molecule has 0 radical (unpaired) electrons. The van der Waals surface area contributed by atoms with Crippen LogP contribution in [-0.2, 0) is 9.47 Å². The maximum Gasteiger partial charge on any atom is 0.409 e. The molecule has 3 saturated heterocycles. The summed E-state index contributed by atoms with van der Waals surface area (Å²) in [4.78, 5) is 28.1. The Kier molecular flexibility index (Phi) is 4.13. The molecule has 3 heterocycles. The Morgan fingerprint density at radius 1 is 1.23 bits per heavy atom. The van der Waals surface area contributed by atoms with Crippen LogP contribution < -0.4 is 5.32 Å². The summed E-state index contributed by atoms with van der Waals surface area (Å²) < 4.78 is 10.8. The van der Waals surface area contributed by atoms with Gasteiger partial charge in [0.25, 0.3) is 0 Å². The van der Waals surface area contributed by atoms with Crippen LogP contribution >= 0.6 is 0 Å². The van der Waals surface area contributed by atoms with Crippen molar-refractivity contribution in [1.82, 2.24) is 15.1 Å². The number of nitrogens with one attached hydrogen (secondary N) is 1. The normalized spacial score (nSPS) is 35.3. The number of carbonyl (C=O) groups is 2. The minimum Gasteiger partial charge on any atom is -0.450 e. The first-order valence-electron chi connectivity index (χ1n) is 9.95. The molecule has 7 nitrogen and oxygen atoms in total. The van der Waals surface area contributed by atoms with E-state index in [4.69, 9.17) is 9.47 Å². The predicted molar refractivity (Wildman–Crippen MR) is 95.9 cm³/mol. The van der Waals surface area contributed by atoms with Crippen LogP contribution in [0.2, 0.25) is 0 Å². The van der Waals surface area contributed by atoms with Gasteiger partial charge in [-0.3, -0.25) is 0 Å². The van der Waals surface area contributed by atoms with Gasteiger partial charge < -0.3 is 24.6 Å². The lowest BCUT2D eigenvalue weighted by Crippen LogP contribution is -2.61. The second-order valence-corrected chi connectivity index (χ2v) is 9.10. The third-order valence-corrected chi connectivity index (χ3v) is 7.27. The van der Waals surface area contributed by atoms with E-state index in [0.29, 0.717) is 18.1 Å². The molecular formula is C19H31N3O4. The van der Waals surface area contributed by atoms with Crippen molar-refractivity contribution in [3.63, 3.8) is 0 Å². The highest BCUT2D eigenvalue weighted by Gasteiger charge is 2.58. The van der Waals surface area contributed by atoms with Crippen LogP contribution in [0.1, 0.15) is 52.9 Å². The van der Waals surface area contributed by atoms with Crippen molar-refractivity contribution in [3.05, 3.63) is 0 Å². The van der Waals surface area contributed by atoms with Gasteiger partial charge >= 0.3 is 12.2 Å². The Bertz CT molecular complexity index is 592. The minimum atomic E-state index is -0.365. The third kappa shape index (κ3) is 2.75. The van der Waals surface area contributed by atoms with Crippen molar-refractivity contribution in [1.29, 1.82) is 0 Å². The van der Waals surface area contributed by atoms with Gasteiger partial charge in [-0.25, -0.2) is 9.59 Å². The molecule has 4 fully saturated rings. The van der Waals surface area contributed by atoms with Crippen LogP contribution in [0.4, 0.5) is 9.59 Å². The third-order valence-electron chi connectivity index (χ3n) is 7.27. The van der Waals surface area contributed by atoms with Gasteiger partial charge in [0, 0.05) is 45.1 Å². The van der Waals surface area contributed by atoms with E-state index in [1.165, 1.54) is 0 Å². The van der Waals surface area contributed by atoms with Gasteiger partial charge in [-0.2, -0.15) is 0 Å². The molecule has 7 heteroatoms. The molecule has 0 atom stereocenters. The maximum atomic E-state index is 11.9. The molecule has 2 amide bonds. The van der Waals surface area contributed by atoms with Gasteiger partial charge in [-0.05, 0) is 45.4 Å². The van der Waals surface area contributed by atoms with E-state index in [0.717, 1.165) is 58.3 Å². The number of carbonyl (C=O) groups excluding carboxylic acids is 2. The van der Waals surface area contributed by atoms with Gasteiger partial charge in [-0.15, -0.1) is 0 Å². The lowest BCUT2D eigenvalue weighted by Gasteiger charge is -2.53. The number of amides is 2. The average molecular weight is 365 g/mol. The molecule has 1 aliphatic carbocycles. The Morgan fingerprint density at radius 3 is 2.50 bits per heavy atom. The number of likely N-dealkylation sites (tertiary alicyclic amines) is 2. The molecule has 0 aromatic heterocycles. The maximum absolute atomic E-state index is 11.9. The number of piperidine rings is 1. The fourth-order valence-electron chi connectivity index (χ4n) is 5.51. The number of rotatable bonds is 2. The van der Waals surface area contributed by atoms with Crippen LogP contribution in [0.5, 0.6) is 0 Å². The zero-order valence-corrected chi connectivity index (χ0v) is 16.2. The SMILES string of the molecule is CCOC(=O)N1CCC2(CC(N3CCC4(CC3)OC(=O)NC4(C)C)C2)C1. The van der Waals surface area contributed by atoms with Gasteiger partial charge in [0.05, 0.1) is 12.1 Å². The summed E-state index contributed by atoms with van der Waals surface area (Å²) in [6, 6.07) is 0.600. The highest BCUT2D eigenvalue weighted by Crippen LogP contribution is 2.51. The number of hydrogen-bond acceptors (Lipinski definition) is 5. The molecule has 0 unspecified atom stereocenters. The lowest BCUT2D eigenvalue weighted by atomic mass is 9.63. The van der Waals surface area contributed by atoms with E-state index in [2.05, 4.69) is 24.1 Å². The van der Waals surface area contributed by atoms with Gasteiger partial charge in [0.15, 0.2) is 0 Å². The van der Waals surface area contributed by atoms with E-state index in [1.54, 1.807) is 0 Å². The smallest absolute Gasteiger partial charge is 0.409 e. The monoisotopic (exact) mass is 365 g/mol. The summed E-state index contributed by atoms with van der Waals surface area (Å²) in [5, 5.41) is 2.96. The van der Waals surface area contributed by atoms with Crippen LogP contribution in [0, 0.1) is 5.41 Å². The van der Waals surface area contributed by atoms with Crippen molar-refractivity contribution in [3.8, 4) is 0 Å². The Hall–Kier alpha value is -1.50. The van der Waals surface area contributed by atoms with Gasteiger partial charge in [-0.1, -0.05) is 0 Å². The van der Waals surface area contributed by atoms with Crippen molar-refractivity contribution < 1.29 is 19.1 Å². The Morgan fingerprint density at radius 2 is 1.92 bits per heavy atom. The molecular weight excluding hydrogens is 334 g/mol.